The van der Waals surface area contributed by atoms with Gasteiger partial charge in [0.25, 0.3) is 0 Å². The summed E-state index contributed by atoms with van der Waals surface area (Å²) < 4.78 is 10.7. The van der Waals surface area contributed by atoms with Crippen molar-refractivity contribution in [3.63, 3.8) is 0 Å². The summed E-state index contributed by atoms with van der Waals surface area (Å²) in [6, 6.07) is -0.562. The van der Waals surface area contributed by atoms with Gasteiger partial charge in [-0.05, 0) is 6.92 Å². The summed E-state index contributed by atoms with van der Waals surface area (Å²) in [6.07, 6.45) is 0. The van der Waals surface area contributed by atoms with E-state index in [0.29, 0.717) is 18.1 Å². The van der Waals surface area contributed by atoms with Gasteiger partial charge in [-0.15, -0.1) is 0 Å². The van der Waals surface area contributed by atoms with E-state index in [1.54, 1.807) is 0 Å². The van der Waals surface area contributed by atoms with E-state index in [0.717, 1.165) is 0 Å². The Morgan fingerprint density at radius 1 is 1.80 bits per heavy atom. The van der Waals surface area contributed by atoms with Gasteiger partial charge in [0.2, 0.25) is 0 Å². The summed E-state index contributed by atoms with van der Waals surface area (Å²) >= 11 is -0.814. The first-order valence-corrected chi connectivity index (χ1v) is 4.54. The van der Waals surface area contributed by atoms with Crippen molar-refractivity contribution >= 4 is 17.2 Å². The van der Waals surface area contributed by atoms with Crippen LogP contribution < -0.4 is 11.1 Å². The monoisotopic (exact) mass is 164 g/mol. The van der Waals surface area contributed by atoms with Gasteiger partial charge in [0.1, 0.15) is 11.5 Å². The molecule has 4 nitrogen and oxygen atoms in total. The maximum atomic E-state index is 10.7. The van der Waals surface area contributed by atoms with E-state index in [2.05, 4.69) is 5.32 Å². The Balaban J connectivity index is 3.11. The van der Waals surface area contributed by atoms with Gasteiger partial charge in [0.05, 0.1) is 6.54 Å². The Kier molecular flexibility index (Phi) is 5.15. The van der Waals surface area contributed by atoms with Gasteiger partial charge >= 0.3 is 6.03 Å². The number of primary amides is 1. The fraction of sp³-hybridized carbons (Fsp3) is 0.800. The van der Waals surface area contributed by atoms with Gasteiger partial charge in [-0.25, -0.2) is 4.79 Å². The molecule has 0 aliphatic heterocycles. The lowest BCUT2D eigenvalue weighted by Gasteiger charge is -2.07. The first kappa shape index (κ1) is 9.58. The van der Waals surface area contributed by atoms with Gasteiger partial charge < -0.3 is 15.6 Å². The third-order valence-electron chi connectivity index (χ3n) is 0.951. The number of nitrogens with two attached hydrogens (primary N) is 1. The quantitative estimate of drug-likeness (QED) is 0.545. The standard InChI is InChI=1S/C5H12N2O2S/c1-2-10(9)4-3-7-5(6)8/h2-4H2,1H3,(H3,6,7,8). The normalized spacial score (nSPS) is 12.6. The maximum Gasteiger partial charge on any atom is 0.312 e. The minimum Gasteiger partial charge on any atom is -0.616 e. The van der Waals surface area contributed by atoms with Crippen LogP contribution in [0.3, 0.4) is 0 Å². The van der Waals surface area contributed by atoms with Crippen molar-refractivity contribution in [2.24, 2.45) is 5.73 Å². The minimum absolute atomic E-state index is 0.399. The van der Waals surface area contributed by atoms with Gasteiger partial charge in [0.15, 0.2) is 0 Å². The highest BCUT2D eigenvalue weighted by Crippen LogP contribution is 1.86. The lowest BCUT2D eigenvalue weighted by molar-refractivity contribution is 0.249. The molecule has 60 valence electrons. The first-order chi connectivity index (χ1) is 4.66. The molecule has 1 atom stereocenters. The molecule has 0 saturated carbocycles. The predicted molar refractivity (Wildman–Crippen MR) is 41.1 cm³/mol. The van der Waals surface area contributed by atoms with Crippen molar-refractivity contribution in [1.82, 2.24) is 5.32 Å². The fourth-order valence-corrected chi connectivity index (χ4v) is 1.05. The Hall–Kier alpha value is -0.420. The summed E-state index contributed by atoms with van der Waals surface area (Å²) in [5.41, 5.74) is 4.77. The van der Waals surface area contributed by atoms with Gasteiger partial charge in [-0.3, -0.25) is 0 Å². The molecule has 0 aromatic carbocycles. The average Bonchev–Trinajstić information content (AvgIpc) is 1.87. The maximum absolute atomic E-state index is 10.7. The molecule has 5 heteroatoms. The molecule has 0 bridgehead atoms. The highest BCUT2D eigenvalue weighted by atomic mass is 32.2. The molecular weight excluding hydrogens is 152 g/mol. The Bertz CT molecular complexity index is 110. The number of carbonyl (C=O) groups excluding carboxylic acids is 1. The molecule has 2 amide bonds. The van der Waals surface area contributed by atoms with Crippen LogP contribution in [0, 0.1) is 0 Å². The van der Waals surface area contributed by atoms with Crippen molar-refractivity contribution in [3.8, 4) is 0 Å². The lowest BCUT2D eigenvalue weighted by atomic mass is 10.7. The number of urea groups is 1. The van der Waals surface area contributed by atoms with Crippen LogP contribution in [-0.2, 0) is 11.2 Å². The van der Waals surface area contributed by atoms with Gasteiger partial charge in [-0.1, -0.05) is 11.2 Å². The Labute approximate surface area is 63.3 Å². The van der Waals surface area contributed by atoms with Crippen molar-refractivity contribution in [2.75, 3.05) is 18.1 Å². The molecule has 0 radical (unpaired) electrons. The van der Waals surface area contributed by atoms with E-state index in [1.807, 2.05) is 6.92 Å². The van der Waals surface area contributed by atoms with E-state index >= 15 is 0 Å². The summed E-state index contributed by atoms with van der Waals surface area (Å²) in [5.74, 6) is 1.11. The van der Waals surface area contributed by atoms with Crippen LogP contribution in [0.25, 0.3) is 0 Å². The van der Waals surface area contributed by atoms with Crippen LogP contribution in [0.5, 0.6) is 0 Å². The average molecular weight is 164 g/mol. The molecule has 0 aromatic heterocycles. The van der Waals surface area contributed by atoms with Crippen LogP contribution in [0.4, 0.5) is 4.79 Å². The number of carbonyl (C=O) groups is 1. The number of nitrogens with one attached hydrogen (secondary N) is 1. The molecule has 0 saturated heterocycles. The van der Waals surface area contributed by atoms with Gasteiger partial charge in [0, 0.05) is 0 Å². The molecule has 0 aromatic rings. The van der Waals surface area contributed by atoms with Crippen LogP contribution in [0.2, 0.25) is 0 Å². The second-order valence-corrected chi connectivity index (χ2v) is 3.59. The van der Waals surface area contributed by atoms with Crippen LogP contribution >= 0.6 is 0 Å². The molecule has 10 heavy (non-hydrogen) atoms. The second kappa shape index (κ2) is 5.37. The predicted octanol–water partition coefficient (Wildman–Crippen LogP) is -0.577. The highest BCUT2D eigenvalue weighted by Gasteiger charge is 2.00. The lowest BCUT2D eigenvalue weighted by Crippen LogP contribution is -2.33. The summed E-state index contributed by atoms with van der Waals surface area (Å²) in [4.78, 5) is 10.1. The third-order valence-corrected chi connectivity index (χ3v) is 2.25. The van der Waals surface area contributed by atoms with Crippen LogP contribution in [0.1, 0.15) is 6.92 Å². The molecule has 0 heterocycles. The Morgan fingerprint density at radius 2 is 2.40 bits per heavy atom. The van der Waals surface area contributed by atoms with Crippen molar-refractivity contribution in [3.05, 3.63) is 0 Å². The topological polar surface area (TPSA) is 78.2 Å². The summed E-state index contributed by atoms with van der Waals surface area (Å²) in [5, 5.41) is 2.36. The molecular formula is C5H12N2O2S. The largest absolute Gasteiger partial charge is 0.616 e. The number of hydrogen-bond donors (Lipinski definition) is 2. The Morgan fingerprint density at radius 3 is 2.80 bits per heavy atom. The third kappa shape index (κ3) is 5.71. The number of amides is 2. The van der Waals surface area contributed by atoms with Crippen molar-refractivity contribution < 1.29 is 9.35 Å². The molecule has 0 spiro atoms. The molecule has 1 unspecified atom stereocenters. The summed E-state index contributed by atoms with van der Waals surface area (Å²) in [6.45, 7) is 2.23. The zero-order valence-electron chi connectivity index (χ0n) is 5.92. The van der Waals surface area contributed by atoms with E-state index < -0.39 is 17.2 Å². The van der Waals surface area contributed by atoms with E-state index in [9.17, 15) is 9.35 Å². The minimum atomic E-state index is -0.814. The molecule has 3 N–H and O–H groups in total. The van der Waals surface area contributed by atoms with E-state index in [4.69, 9.17) is 5.73 Å². The smallest absolute Gasteiger partial charge is 0.312 e. The zero-order chi connectivity index (χ0) is 7.98. The van der Waals surface area contributed by atoms with Crippen LogP contribution in [0.15, 0.2) is 0 Å². The highest BCUT2D eigenvalue weighted by molar-refractivity contribution is 7.91. The fourth-order valence-electron chi connectivity index (χ4n) is 0.432. The van der Waals surface area contributed by atoms with Crippen molar-refractivity contribution in [1.29, 1.82) is 0 Å². The first-order valence-electron chi connectivity index (χ1n) is 3.05. The van der Waals surface area contributed by atoms with Gasteiger partial charge in [-0.2, -0.15) is 0 Å². The molecule has 0 fully saturated rings. The molecule has 0 aliphatic carbocycles. The van der Waals surface area contributed by atoms with E-state index in [-0.39, 0.29) is 0 Å². The zero-order valence-corrected chi connectivity index (χ0v) is 6.74. The number of rotatable bonds is 4. The van der Waals surface area contributed by atoms with E-state index in [1.165, 1.54) is 0 Å². The SMILES string of the molecule is CC[S+]([O-])CCNC(N)=O. The molecule has 0 rings (SSSR count). The number of hydrogen-bond acceptors (Lipinski definition) is 2. The van der Waals surface area contributed by atoms with Crippen molar-refractivity contribution in [2.45, 2.75) is 6.92 Å². The second-order valence-electron chi connectivity index (χ2n) is 1.72. The molecule has 0 aliphatic rings. The van der Waals surface area contributed by atoms with Crippen LogP contribution in [-0.4, -0.2) is 28.6 Å². The summed E-state index contributed by atoms with van der Waals surface area (Å²) in [7, 11) is 0.